The number of aryl methyl sites for hydroxylation is 1. The van der Waals surface area contributed by atoms with E-state index in [-0.39, 0.29) is 5.91 Å². The third-order valence-electron chi connectivity index (χ3n) is 4.26. The van der Waals surface area contributed by atoms with E-state index in [2.05, 4.69) is 32.1 Å². The lowest BCUT2D eigenvalue weighted by atomic mass is 10.1. The molecule has 0 fully saturated rings. The highest BCUT2D eigenvalue weighted by Crippen LogP contribution is 2.23. The van der Waals surface area contributed by atoms with E-state index in [1.807, 2.05) is 31.2 Å². The van der Waals surface area contributed by atoms with Crippen molar-refractivity contribution in [3.05, 3.63) is 35.7 Å². The Kier molecular flexibility index (Phi) is 5.91. The van der Waals surface area contributed by atoms with Crippen LogP contribution in [0.25, 0.3) is 0 Å². The van der Waals surface area contributed by atoms with E-state index in [4.69, 9.17) is 4.74 Å². The van der Waals surface area contributed by atoms with Crippen LogP contribution in [0.15, 0.2) is 40.1 Å². The predicted octanol–water partition coefficient (Wildman–Crippen LogP) is 1.42. The van der Waals surface area contributed by atoms with E-state index >= 15 is 0 Å². The van der Waals surface area contributed by atoms with Crippen LogP contribution in [0, 0.1) is 18.3 Å². The molecule has 9 heteroatoms. The summed E-state index contributed by atoms with van der Waals surface area (Å²) >= 11 is 0. The molecule has 0 saturated heterocycles. The van der Waals surface area contributed by atoms with Gasteiger partial charge in [0, 0.05) is 31.5 Å². The lowest BCUT2D eigenvalue weighted by Crippen LogP contribution is -2.52. The van der Waals surface area contributed by atoms with Crippen LogP contribution in [0.4, 0.5) is 11.4 Å². The molecule has 1 amide bonds. The maximum Gasteiger partial charge on any atom is 0.221 e. The molecular weight excluding hydrogens is 358 g/mol. The average molecular weight is 381 g/mol. The third-order valence-corrected chi connectivity index (χ3v) is 4.26. The van der Waals surface area contributed by atoms with Gasteiger partial charge in [-0.1, -0.05) is 6.07 Å². The number of aliphatic imine (C=N–C) groups is 2. The molecule has 1 atom stereocenters. The summed E-state index contributed by atoms with van der Waals surface area (Å²) in [5, 5.41) is 17.2. The second-order valence-corrected chi connectivity index (χ2v) is 6.44. The van der Waals surface area contributed by atoms with Crippen molar-refractivity contribution < 1.29 is 9.53 Å². The van der Waals surface area contributed by atoms with Gasteiger partial charge in [0.1, 0.15) is 11.5 Å². The number of nitriles is 1. The minimum atomic E-state index is -0.402. The first-order valence-electron chi connectivity index (χ1n) is 8.92. The van der Waals surface area contributed by atoms with E-state index in [9.17, 15) is 10.1 Å². The Balaban J connectivity index is 1.85. The van der Waals surface area contributed by atoms with Crippen molar-refractivity contribution in [1.29, 1.82) is 5.26 Å². The summed E-state index contributed by atoms with van der Waals surface area (Å²) in [6.45, 7) is 4.79. The standard InChI is InChI=1S/C19H23N7O2/c1-12-4-5-14(8-16(12)23-13(2)27)24-18-9-17(21-6-7-28-3)19-22-11-15(10-20)26(19)25-18/h4-5,8-9,15,24-25H,6-7,11H2,1-3H3,(H,23,27). The zero-order valence-electron chi connectivity index (χ0n) is 16.1. The number of benzene rings is 1. The summed E-state index contributed by atoms with van der Waals surface area (Å²) in [4.78, 5) is 20.4. The van der Waals surface area contributed by atoms with Crippen LogP contribution in [0.3, 0.4) is 0 Å². The molecule has 1 aromatic carbocycles. The quantitative estimate of drug-likeness (QED) is 0.642. The van der Waals surface area contributed by atoms with Crippen molar-refractivity contribution in [3.63, 3.8) is 0 Å². The number of amides is 1. The number of nitrogens with one attached hydrogen (secondary N) is 3. The molecule has 3 rings (SSSR count). The monoisotopic (exact) mass is 381 g/mol. The van der Waals surface area contributed by atoms with Crippen LogP contribution in [0.2, 0.25) is 0 Å². The van der Waals surface area contributed by atoms with E-state index in [0.29, 0.717) is 37.1 Å². The van der Waals surface area contributed by atoms with Crippen LogP contribution in [0.5, 0.6) is 0 Å². The van der Waals surface area contributed by atoms with Gasteiger partial charge in [0.25, 0.3) is 0 Å². The smallest absolute Gasteiger partial charge is 0.221 e. The number of hydrogen-bond acceptors (Lipinski definition) is 8. The Bertz CT molecular complexity index is 898. The SMILES string of the molecule is COCCN=C1C=C(Nc2ccc(C)c(NC(C)=O)c2)NN2C1=NCC2C#N. The molecule has 0 radical (unpaired) electrons. The molecule has 1 aromatic rings. The van der Waals surface area contributed by atoms with Crippen molar-refractivity contribution in [2.75, 3.05) is 37.4 Å². The summed E-state index contributed by atoms with van der Waals surface area (Å²) in [6, 6.07) is 7.53. The van der Waals surface area contributed by atoms with Crippen LogP contribution in [-0.4, -0.2) is 55.3 Å². The number of rotatable bonds is 6. The molecule has 0 aliphatic carbocycles. The van der Waals surface area contributed by atoms with Gasteiger partial charge < -0.3 is 15.4 Å². The summed E-state index contributed by atoms with van der Waals surface area (Å²) in [5.74, 6) is 1.18. The van der Waals surface area contributed by atoms with Gasteiger partial charge >= 0.3 is 0 Å². The van der Waals surface area contributed by atoms with Gasteiger partial charge in [-0.25, -0.2) is 5.01 Å². The number of ether oxygens (including phenoxy) is 1. The lowest BCUT2D eigenvalue weighted by molar-refractivity contribution is -0.114. The van der Waals surface area contributed by atoms with Crippen molar-refractivity contribution >= 4 is 28.8 Å². The Morgan fingerprint density at radius 2 is 2.36 bits per heavy atom. The average Bonchev–Trinajstić information content (AvgIpc) is 3.07. The zero-order valence-corrected chi connectivity index (χ0v) is 16.1. The number of amidine groups is 1. The molecule has 2 aliphatic heterocycles. The van der Waals surface area contributed by atoms with E-state index in [0.717, 1.165) is 16.9 Å². The number of fused-ring (bicyclic) bond motifs is 1. The number of methoxy groups -OCH3 is 1. The normalized spacial score (nSPS) is 19.3. The van der Waals surface area contributed by atoms with E-state index < -0.39 is 6.04 Å². The fraction of sp³-hybridized carbons (Fsp3) is 0.368. The topological polar surface area (TPSA) is 114 Å². The Morgan fingerprint density at radius 1 is 1.54 bits per heavy atom. The van der Waals surface area contributed by atoms with Gasteiger partial charge in [0.15, 0.2) is 11.9 Å². The molecule has 9 nitrogen and oxygen atoms in total. The first kappa shape index (κ1) is 19.4. The molecule has 1 unspecified atom stereocenters. The van der Waals surface area contributed by atoms with Crippen LogP contribution in [0.1, 0.15) is 12.5 Å². The molecule has 0 aromatic heterocycles. The van der Waals surface area contributed by atoms with Gasteiger partial charge in [-0.3, -0.25) is 20.2 Å². The van der Waals surface area contributed by atoms with Gasteiger partial charge in [0.2, 0.25) is 5.91 Å². The van der Waals surface area contributed by atoms with Gasteiger partial charge in [-0.2, -0.15) is 5.26 Å². The highest BCUT2D eigenvalue weighted by Gasteiger charge is 2.34. The van der Waals surface area contributed by atoms with Crippen LogP contribution < -0.4 is 16.1 Å². The second-order valence-electron chi connectivity index (χ2n) is 6.44. The van der Waals surface area contributed by atoms with E-state index in [1.54, 1.807) is 12.1 Å². The number of carbonyl (C=O) groups is 1. The summed E-state index contributed by atoms with van der Waals surface area (Å²) in [5.41, 5.74) is 6.37. The largest absolute Gasteiger partial charge is 0.383 e. The minimum Gasteiger partial charge on any atom is -0.383 e. The van der Waals surface area contributed by atoms with Crippen LogP contribution in [-0.2, 0) is 9.53 Å². The molecule has 2 heterocycles. The summed E-state index contributed by atoms with van der Waals surface area (Å²) in [7, 11) is 1.63. The molecule has 146 valence electrons. The molecule has 0 bridgehead atoms. The molecule has 2 aliphatic rings. The van der Waals surface area contributed by atoms with Crippen molar-refractivity contribution in [2.45, 2.75) is 19.9 Å². The van der Waals surface area contributed by atoms with Crippen LogP contribution >= 0.6 is 0 Å². The van der Waals surface area contributed by atoms with Gasteiger partial charge in [-0.15, -0.1) is 0 Å². The number of anilines is 2. The Morgan fingerprint density at radius 3 is 3.07 bits per heavy atom. The first-order chi connectivity index (χ1) is 13.5. The molecule has 0 saturated carbocycles. The van der Waals surface area contributed by atoms with E-state index in [1.165, 1.54) is 6.92 Å². The first-order valence-corrected chi connectivity index (χ1v) is 8.92. The third kappa shape index (κ3) is 4.29. The lowest BCUT2D eigenvalue weighted by Gasteiger charge is -2.31. The maximum atomic E-state index is 11.4. The Hall–Kier alpha value is -3.38. The number of nitrogens with zero attached hydrogens (tertiary/aromatic N) is 4. The van der Waals surface area contributed by atoms with Crippen molar-refractivity contribution in [1.82, 2.24) is 10.4 Å². The summed E-state index contributed by atoms with van der Waals surface area (Å²) in [6.07, 6.45) is 1.85. The number of hydrazine groups is 1. The van der Waals surface area contributed by atoms with Crippen molar-refractivity contribution in [3.8, 4) is 6.07 Å². The van der Waals surface area contributed by atoms with Gasteiger partial charge in [-0.05, 0) is 24.6 Å². The summed E-state index contributed by atoms with van der Waals surface area (Å²) < 4.78 is 5.07. The zero-order chi connectivity index (χ0) is 20.1. The van der Waals surface area contributed by atoms with Crippen molar-refractivity contribution in [2.24, 2.45) is 9.98 Å². The number of hydrogen-bond donors (Lipinski definition) is 3. The highest BCUT2D eigenvalue weighted by molar-refractivity contribution is 6.46. The maximum absolute atomic E-state index is 11.4. The molecule has 28 heavy (non-hydrogen) atoms. The molecule has 0 spiro atoms. The fourth-order valence-electron chi connectivity index (χ4n) is 2.89. The minimum absolute atomic E-state index is 0.127. The fourth-order valence-corrected chi connectivity index (χ4v) is 2.89. The molecular formula is C19H23N7O2. The second kappa shape index (κ2) is 8.54. The Labute approximate surface area is 163 Å². The molecule has 3 N–H and O–H groups in total. The van der Waals surface area contributed by atoms with Gasteiger partial charge in [0.05, 0.1) is 25.8 Å². The number of carbonyl (C=O) groups excluding carboxylic acids is 1. The highest BCUT2D eigenvalue weighted by atomic mass is 16.5. The predicted molar refractivity (Wildman–Crippen MR) is 108 cm³/mol.